The lowest BCUT2D eigenvalue weighted by Crippen LogP contribution is -2.22. The highest BCUT2D eigenvalue weighted by Gasteiger charge is 2.22. The zero-order valence-electron chi connectivity index (χ0n) is 10.6. The molecule has 0 atom stereocenters. The van der Waals surface area contributed by atoms with Gasteiger partial charge in [-0.25, -0.2) is 4.98 Å². The number of hydrogen-bond acceptors (Lipinski definition) is 3. The summed E-state index contributed by atoms with van der Waals surface area (Å²) in [7, 11) is 0. The lowest BCUT2D eigenvalue weighted by Gasteiger charge is -2.25. The summed E-state index contributed by atoms with van der Waals surface area (Å²) in [6, 6.07) is 0. The largest absolute Gasteiger partial charge is 0.383 e. The summed E-state index contributed by atoms with van der Waals surface area (Å²) in [4.78, 5) is 19.1. The first kappa shape index (κ1) is 12.1. The molecule has 0 aromatic carbocycles. The van der Waals surface area contributed by atoms with Crippen molar-refractivity contribution in [1.82, 2.24) is 9.97 Å². The van der Waals surface area contributed by atoms with Crippen molar-refractivity contribution in [2.24, 2.45) is 5.92 Å². The second-order valence-corrected chi connectivity index (χ2v) is 5.13. The van der Waals surface area contributed by atoms with Crippen LogP contribution in [-0.2, 0) is 6.42 Å². The first-order valence-electron chi connectivity index (χ1n) is 6.50. The number of aromatic nitrogens is 2. The van der Waals surface area contributed by atoms with Gasteiger partial charge in [-0.05, 0) is 25.2 Å². The summed E-state index contributed by atoms with van der Waals surface area (Å²) in [5.74, 6) is 2.37. The average molecular weight is 235 g/mol. The molecule has 0 unspecified atom stereocenters. The second-order valence-electron chi connectivity index (χ2n) is 5.13. The van der Waals surface area contributed by atoms with Gasteiger partial charge in [0.2, 0.25) is 0 Å². The van der Waals surface area contributed by atoms with E-state index in [1.807, 2.05) is 6.92 Å². The SMILES string of the molecule is CCc1c(N)nc(C2CCC(C)CC2)[nH]c1=O. The minimum atomic E-state index is -0.0615. The van der Waals surface area contributed by atoms with E-state index >= 15 is 0 Å². The second kappa shape index (κ2) is 4.90. The Balaban J connectivity index is 2.25. The van der Waals surface area contributed by atoms with Gasteiger partial charge in [-0.2, -0.15) is 0 Å². The fourth-order valence-corrected chi connectivity index (χ4v) is 2.60. The standard InChI is InChI=1S/C13H21N3O/c1-3-10-11(14)15-12(16-13(10)17)9-6-4-8(2)5-7-9/h8-9H,3-7H2,1-2H3,(H3,14,15,16,17). The van der Waals surface area contributed by atoms with Crippen LogP contribution in [0.4, 0.5) is 5.82 Å². The molecule has 0 aliphatic heterocycles. The van der Waals surface area contributed by atoms with E-state index in [4.69, 9.17) is 5.73 Å². The maximum absolute atomic E-state index is 11.8. The summed E-state index contributed by atoms with van der Waals surface area (Å²) in [6.45, 7) is 4.20. The molecule has 0 radical (unpaired) electrons. The first-order chi connectivity index (χ1) is 8.11. The van der Waals surface area contributed by atoms with Crippen molar-refractivity contribution in [3.05, 3.63) is 21.7 Å². The van der Waals surface area contributed by atoms with E-state index in [1.54, 1.807) is 0 Å². The summed E-state index contributed by atoms with van der Waals surface area (Å²) < 4.78 is 0. The van der Waals surface area contributed by atoms with Crippen LogP contribution in [0.15, 0.2) is 4.79 Å². The van der Waals surface area contributed by atoms with Crippen molar-refractivity contribution in [1.29, 1.82) is 0 Å². The Bertz CT molecular complexity index is 444. The lowest BCUT2D eigenvalue weighted by molar-refractivity contribution is 0.339. The van der Waals surface area contributed by atoms with Crippen LogP contribution in [0.1, 0.15) is 56.8 Å². The Hall–Kier alpha value is -1.32. The molecule has 94 valence electrons. The van der Waals surface area contributed by atoms with E-state index in [1.165, 1.54) is 12.8 Å². The fraction of sp³-hybridized carbons (Fsp3) is 0.692. The van der Waals surface area contributed by atoms with E-state index in [2.05, 4.69) is 16.9 Å². The molecule has 1 aliphatic carbocycles. The third-order valence-corrected chi connectivity index (χ3v) is 3.82. The molecule has 1 saturated carbocycles. The number of rotatable bonds is 2. The molecule has 1 aliphatic rings. The van der Waals surface area contributed by atoms with Crippen LogP contribution in [-0.4, -0.2) is 9.97 Å². The Labute approximate surface area is 102 Å². The number of nitrogen functional groups attached to an aromatic ring is 1. The van der Waals surface area contributed by atoms with Gasteiger partial charge in [0, 0.05) is 5.92 Å². The summed E-state index contributed by atoms with van der Waals surface area (Å²) >= 11 is 0. The monoisotopic (exact) mass is 235 g/mol. The first-order valence-corrected chi connectivity index (χ1v) is 6.50. The van der Waals surface area contributed by atoms with Crippen LogP contribution in [0.3, 0.4) is 0 Å². The maximum Gasteiger partial charge on any atom is 0.256 e. The highest BCUT2D eigenvalue weighted by Crippen LogP contribution is 2.33. The van der Waals surface area contributed by atoms with Gasteiger partial charge in [0.05, 0.1) is 5.56 Å². The van der Waals surface area contributed by atoms with Crippen LogP contribution in [0.2, 0.25) is 0 Å². The molecule has 0 bridgehead atoms. The van der Waals surface area contributed by atoms with Gasteiger partial charge in [-0.1, -0.05) is 26.7 Å². The fourth-order valence-electron chi connectivity index (χ4n) is 2.60. The van der Waals surface area contributed by atoms with E-state index in [0.29, 0.717) is 23.7 Å². The van der Waals surface area contributed by atoms with Gasteiger partial charge in [-0.3, -0.25) is 4.79 Å². The van der Waals surface area contributed by atoms with E-state index in [-0.39, 0.29) is 5.56 Å². The van der Waals surface area contributed by atoms with Crippen LogP contribution in [0.25, 0.3) is 0 Å². The van der Waals surface area contributed by atoms with E-state index in [0.717, 1.165) is 24.6 Å². The number of nitrogens with two attached hydrogens (primary N) is 1. The normalized spacial score (nSPS) is 24.8. The van der Waals surface area contributed by atoms with Crippen molar-refractivity contribution in [2.75, 3.05) is 5.73 Å². The molecule has 1 fully saturated rings. The predicted octanol–water partition coefficient (Wildman–Crippen LogP) is 2.21. The minimum Gasteiger partial charge on any atom is -0.383 e. The summed E-state index contributed by atoms with van der Waals surface area (Å²) in [5.41, 5.74) is 6.38. The number of nitrogens with zero attached hydrogens (tertiary/aromatic N) is 1. The van der Waals surface area contributed by atoms with Crippen LogP contribution in [0, 0.1) is 5.92 Å². The van der Waals surface area contributed by atoms with Gasteiger partial charge in [0.1, 0.15) is 11.6 Å². The van der Waals surface area contributed by atoms with Gasteiger partial charge in [0.25, 0.3) is 5.56 Å². The number of nitrogens with one attached hydrogen (secondary N) is 1. The third kappa shape index (κ3) is 2.51. The molecule has 17 heavy (non-hydrogen) atoms. The van der Waals surface area contributed by atoms with Crippen LogP contribution < -0.4 is 11.3 Å². The Morgan fingerprint density at radius 3 is 2.53 bits per heavy atom. The number of hydrogen-bond donors (Lipinski definition) is 2. The molecule has 0 spiro atoms. The minimum absolute atomic E-state index is 0.0615. The van der Waals surface area contributed by atoms with Crippen molar-refractivity contribution in [3.8, 4) is 0 Å². The average Bonchev–Trinajstić information content (AvgIpc) is 2.29. The van der Waals surface area contributed by atoms with Gasteiger partial charge in [-0.15, -0.1) is 0 Å². The Kier molecular flexibility index (Phi) is 3.50. The Morgan fingerprint density at radius 1 is 1.35 bits per heavy atom. The molecule has 2 rings (SSSR count). The van der Waals surface area contributed by atoms with Crippen molar-refractivity contribution in [2.45, 2.75) is 51.9 Å². The number of H-pyrrole nitrogens is 1. The van der Waals surface area contributed by atoms with Crippen LogP contribution in [0.5, 0.6) is 0 Å². The van der Waals surface area contributed by atoms with Crippen molar-refractivity contribution >= 4 is 5.82 Å². The zero-order chi connectivity index (χ0) is 12.4. The molecule has 3 N–H and O–H groups in total. The smallest absolute Gasteiger partial charge is 0.256 e. The van der Waals surface area contributed by atoms with Crippen molar-refractivity contribution < 1.29 is 0 Å². The topological polar surface area (TPSA) is 71.8 Å². The van der Waals surface area contributed by atoms with Crippen LogP contribution >= 0.6 is 0 Å². The molecule has 1 heterocycles. The molecule has 4 heteroatoms. The van der Waals surface area contributed by atoms with Crippen molar-refractivity contribution in [3.63, 3.8) is 0 Å². The quantitative estimate of drug-likeness (QED) is 0.825. The van der Waals surface area contributed by atoms with E-state index in [9.17, 15) is 4.79 Å². The predicted molar refractivity (Wildman–Crippen MR) is 69.0 cm³/mol. The molecule has 1 aromatic heterocycles. The molecule has 0 saturated heterocycles. The van der Waals surface area contributed by atoms with Gasteiger partial charge >= 0.3 is 0 Å². The highest BCUT2D eigenvalue weighted by molar-refractivity contribution is 5.37. The maximum atomic E-state index is 11.8. The molecule has 4 nitrogen and oxygen atoms in total. The summed E-state index contributed by atoms with van der Waals surface area (Å²) in [6.07, 6.45) is 5.27. The van der Waals surface area contributed by atoms with Gasteiger partial charge in [0.15, 0.2) is 0 Å². The van der Waals surface area contributed by atoms with Gasteiger partial charge < -0.3 is 10.7 Å². The number of aromatic amines is 1. The number of anilines is 1. The zero-order valence-corrected chi connectivity index (χ0v) is 10.6. The third-order valence-electron chi connectivity index (χ3n) is 3.82. The summed E-state index contributed by atoms with van der Waals surface area (Å²) in [5, 5.41) is 0. The highest BCUT2D eigenvalue weighted by atomic mass is 16.1. The molecule has 0 amide bonds. The lowest BCUT2D eigenvalue weighted by atomic mass is 9.82. The Morgan fingerprint density at radius 2 is 2.00 bits per heavy atom. The van der Waals surface area contributed by atoms with E-state index < -0.39 is 0 Å². The molecular formula is C13H21N3O. The molecule has 1 aromatic rings. The molecular weight excluding hydrogens is 214 g/mol.